The largest absolute Gasteiger partial charge is 0.467 e. The molecule has 6 rings (SSSR count). The van der Waals surface area contributed by atoms with Gasteiger partial charge in [-0.1, -0.05) is 115 Å². The summed E-state index contributed by atoms with van der Waals surface area (Å²) in [5.74, 6) is 0.165. The first-order valence-electron chi connectivity index (χ1n) is 16.7. The van der Waals surface area contributed by atoms with Crippen molar-refractivity contribution >= 4 is 23.8 Å². The van der Waals surface area contributed by atoms with Crippen LogP contribution in [0.15, 0.2) is 115 Å². The van der Waals surface area contributed by atoms with E-state index in [-0.39, 0.29) is 25.4 Å². The molecule has 1 aliphatic rings. The van der Waals surface area contributed by atoms with Crippen LogP contribution in [0.2, 0.25) is 0 Å². The molecule has 4 atom stereocenters. The van der Waals surface area contributed by atoms with Gasteiger partial charge in [0.15, 0.2) is 11.4 Å². The maximum atomic E-state index is 12.9. The predicted octanol–water partition coefficient (Wildman–Crippen LogP) is 5.90. The van der Waals surface area contributed by atoms with Gasteiger partial charge in [-0.3, -0.25) is 0 Å². The van der Waals surface area contributed by atoms with Crippen LogP contribution in [0, 0.1) is 0 Å². The van der Waals surface area contributed by atoms with E-state index in [1.807, 2.05) is 115 Å². The lowest BCUT2D eigenvalue weighted by Gasteiger charge is -2.36. The summed E-state index contributed by atoms with van der Waals surface area (Å²) >= 11 is 1.59. The zero-order valence-electron chi connectivity index (χ0n) is 28.5. The lowest BCUT2D eigenvalue weighted by Crippen LogP contribution is -2.47. The fourth-order valence-electron chi connectivity index (χ4n) is 5.94. The van der Waals surface area contributed by atoms with Crippen molar-refractivity contribution in [3.8, 4) is 11.1 Å². The molecule has 1 aromatic heterocycles. The highest BCUT2D eigenvalue weighted by Crippen LogP contribution is 2.40. The van der Waals surface area contributed by atoms with Crippen molar-refractivity contribution in [1.29, 1.82) is 0 Å². The average molecular weight is 708 g/mol. The van der Waals surface area contributed by atoms with E-state index in [4.69, 9.17) is 14.2 Å². The third-order valence-corrected chi connectivity index (χ3v) is 9.87. The maximum absolute atomic E-state index is 12.9. The van der Waals surface area contributed by atoms with Crippen LogP contribution in [0.25, 0.3) is 11.1 Å². The van der Waals surface area contributed by atoms with E-state index in [2.05, 4.69) is 20.8 Å². The second-order valence-electron chi connectivity index (χ2n) is 12.3. The minimum absolute atomic E-state index is 0.0160. The maximum Gasteiger partial charge on any atom is 0.328 e. The second kappa shape index (κ2) is 17.3. The number of urea groups is 1. The van der Waals surface area contributed by atoms with Crippen LogP contribution in [0.3, 0.4) is 0 Å². The molecule has 0 aliphatic carbocycles. The van der Waals surface area contributed by atoms with E-state index in [0.29, 0.717) is 18.6 Å². The highest BCUT2D eigenvalue weighted by Gasteiger charge is 2.32. The Bertz CT molecular complexity index is 1890. The van der Waals surface area contributed by atoms with Gasteiger partial charge in [-0.05, 0) is 33.4 Å². The molecule has 4 aromatic carbocycles. The van der Waals surface area contributed by atoms with Crippen LogP contribution in [0.1, 0.15) is 46.6 Å². The molecule has 1 aliphatic heterocycles. The molecule has 0 bridgehead atoms. The van der Waals surface area contributed by atoms with Crippen molar-refractivity contribution in [2.45, 2.75) is 55.7 Å². The summed E-state index contributed by atoms with van der Waals surface area (Å²) in [7, 11) is 3.22. The number of carbonyl (C=O) groups excluding carboxylic acids is 2. The van der Waals surface area contributed by atoms with Gasteiger partial charge in [-0.2, -0.15) is 0 Å². The molecule has 1 saturated heterocycles. The molecule has 4 unspecified atom stereocenters. The number of ether oxygens (including phenoxy) is 3. The van der Waals surface area contributed by atoms with E-state index in [9.17, 15) is 14.7 Å². The summed E-state index contributed by atoms with van der Waals surface area (Å²) in [6.07, 6.45) is 1.75. The number of benzene rings is 4. The third-order valence-electron chi connectivity index (χ3n) is 8.71. The number of aryl methyl sites for hydroxylation is 1. The molecule has 264 valence electrons. The van der Waals surface area contributed by atoms with Gasteiger partial charge in [0, 0.05) is 37.8 Å². The quantitative estimate of drug-likeness (QED) is 0.101. The van der Waals surface area contributed by atoms with Crippen LogP contribution >= 0.6 is 11.8 Å². The van der Waals surface area contributed by atoms with E-state index < -0.39 is 24.3 Å². The topological polar surface area (TPSA) is 137 Å². The molecule has 3 N–H and O–H groups in total. The lowest BCUT2D eigenvalue weighted by atomic mass is 9.98. The molecular formula is C39H41N5O6S. The Hall–Kier alpha value is -5.01. The van der Waals surface area contributed by atoms with Gasteiger partial charge >= 0.3 is 12.0 Å². The Morgan fingerprint density at radius 1 is 0.941 bits per heavy atom. The molecule has 5 aromatic rings. The molecule has 0 radical (unpaired) electrons. The number of aromatic nitrogens is 3. The van der Waals surface area contributed by atoms with E-state index in [1.54, 1.807) is 18.1 Å². The first-order chi connectivity index (χ1) is 24.9. The number of hydrogen-bond acceptors (Lipinski definition) is 9. The smallest absolute Gasteiger partial charge is 0.328 e. The molecule has 0 saturated carbocycles. The summed E-state index contributed by atoms with van der Waals surface area (Å²) in [5, 5.41) is 24.2. The van der Waals surface area contributed by atoms with E-state index in [1.165, 1.54) is 7.11 Å². The molecule has 0 spiro atoms. The van der Waals surface area contributed by atoms with E-state index in [0.717, 1.165) is 44.1 Å². The number of amides is 2. The van der Waals surface area contributed by atoms with Gasteiger partial charge in [-0.15, -0.1) is 10.2 Å². The first kappa shape index (κ1) is 35.8. The number of nitrogens with one attached hydrogen (secondary N) is 2. The number of esters is 1. The second-order valence-corrected chi connectivity index (χ2v) is 13.2. The van der Waals surface area contributed by atoms with Crippen molar-refractivity contribution in [1.82, 2.24) is 25.4 Å². The number of carbonyl (C=O) groups is 2. The Morgan fingerprint density at radius 2 is 1.67 bits per heavy atom. The average Bonchev–Trinajstić information content (AvgIpc) is 3.60. The van der Waals surface area contributed by atoms with Crippen LogP contribution in [-0.4, -0.2) is 56.9 Å². The number of aliphatic hydroxyl groups is 1. The molecule has 2 amide bonds. The minimum atomic E-state index is -0.825. The molecule has 12 heteroatoms. The fraction of sp³-hybridized carbons (Fsp3) is 0.282. The Balaban J connectivity index is 1.13. The molecule has 2 heterocycles. The summed E-state index contributed by atoms with van der Waals surface area (Å²) in [6.45, 7) is 0.233. The highest BCUT2D eigenvalue weighted by molar-refractivity contribution is 7.99. The monoisotopic (exact) mass is 707 g/mol. The summed E-state index contributed by atoms with van der Waals surface area (Å²) < 4.78 is 19.9. The minimum Gasteiger partial charge on any atom is -0.467 e. The number of thioether (sulfide) groups is 1. The summed E-state index contributed by atoms with van der Waals surface area (Å²) in [6, 6.07) is 31.9. The van der Waals surface area contributed by atoms with Gasteiger partial charge in [0.1, 0.15) is 12.4 Å². The zero-order valence-corrected chi connectivity index (χ0v) is 29.3. The molecule has 1 fully saturated rings. The fourth-order valence-corrected chi connectivity index (χ4v) is 6.84. The number of methoxy groups -OCH3 is 1. The van der Waals surface area contributed by atoms with Gasteiger partial charge in [0.25, 0.3) is 0 Å². The van der Waals surface area contributed by atoms with Crippen molar-refractivity contribution in [2.24, 2.45) is 7.05 Å². The zero-order chi connectivity index (χ0) is 35.6. The normalized spacial score (nSPS) is 17.7. The van der Waals surface area contributed by atoms with Crippen molar-refractivity contribution in [2.75, 3.05) is 12.9 Å². The van der Waals surface area contributed by atoms with Crippen LogP contribution in [0.5, 0.6) is 0 Å². The Morgan fingerprint density at radius 3 is 2.37 bits per heavy atom. The standard InChI is InChI=1S/C39H41N5O6S/c1-44-25-41-43-39(44)51-24-32-21-35(29-14-12-27(23-45)13-15-29)50-37(49-32)30-18-16-28(17-19-30)33-11-7-6-10-31(33)22-40-38(47)42-34(36(46)48-2)20-26-8-4-3-5-9-26/h3-19,25,32,34-35,37,45H,20-24H2,1-2H3,(H2,40,42,47). The lowest BCUT2D eigenvalue weighted by molar-refractivity contribution is -0.245. The molecule has 51 heavy (non-hydrogen) atoms. The third kappa shape index (κ3) is 9.41. The van der Waals surface area contributed by atoms with Gasteiger partial charge in [0.05, 0.1) is 25.9 Å². The number of aliphatic hydroxyl groups excluding tert-OH is 1. The Labute approximate surface area is 301 Å². The molecule has 11 nitrogen and oxygen atoms in total. The SMILES string of the molecule is COC(=O)C(Cc1ccccc1)NC(=O)NCc1ccccc1-c1ccc(C2OC(CSc3nncn3C)CC(c3ccc(CO)cc3)O2)cc1. The van der Waals surface area contributed by atoms with Crippen molar-refractivity contribution in [3.05, 3.63) is 137 Å². The predicted molar refractivity (Wildman–Crippen MR) is 193 cm³/mol. The van der Waals surface area contributed by atoms with Crippen LogP contribution in [-0.2, 0) is 45.6 Å². The van der Waals surface area contributed by atoms with Crippen LogP contribution in [0.4, 0.5) is 4.79 Å². The highest BCUT2D eigenvalue weighted by atomic mass is 32.2. The van der Waals surface area contributed by atoms with Gasteiger partial charge in [0.2, 0.25) is 0 Å². The summed E-state index contributed by atoms with van der Waals surface area (Å²) in [5.41, 5.74) is 6.50. The van der Waals surface area contributed by atoms with E-state index >= 15 is 0 Å². The van der Waals surface area contributed by atoms with Crippen molar-refractivity contribution in [3.63, 3.8) is 0 Å². The number of nitrogens with zero attached hydrogens (tertiary/aromatic N) is 3. The van der Waals surface area contributed by atoms with Crippen molar-refractivity contribution < 1.29 is 28.9 Å². The number of hydrogen-bond donors (Lipinski definition) is 3. The van der Waals surface area contributed by atoms with Crippen LogP contribution < -0.4 is 10.6 Å². The Kier molecular flexibility index (Phi) is 12.1. The summed E-state index contributed by atoms with van der Waals surface area (Å²) in [4.78, 5) is 25.4. The van der Waals surface area contributed by atoms with Gasteiger partial charge < -0.3 is 34.5 Å². The van der Waals surface area contributed by atoms with Gasteiger partial charge in [-0.25, -0.2) is 9.59 Å². The first-order valence-corrected chi connectivity index (χ1v) is 17.7. The number of rotatable bonds is 13. The molecular weight excluding hydrogens is 667 g/mol.